The molecule has 0 aromatic carbocycles. The predicted molar refractivity (Wildman–Crippen MR) is 59.0 cm³/mol. The van der Waals surface area contributed by atoms with E-state index in [0.717, 1.165) is 25.3 Å². The summed E-state index contributed by atoms with van der Waals surface area (Å²) in [6, 6.07) is 0. The molecule has 1 amide bonds. The summed E-state index contributed by atoms with van der Waals surface area (Å²) >= 11 is 0. The standard InChI is InChI=1S/C12H23NO/c1-12(2)7-3-5-11(9-12)6-4-8-13-10-14/h10-11H,3-9H2,1-2H3,(H,13,14). The monoisotopic (exact) mass is 197 g/mol. The van der Waals surface area contributed by atoms with Gasteiger partial charge >= 0.3 is 0 Å². The van der Waals surface area contributed by atoms with Crippen LogP contribution in [-0.4, -0.2) is 13.0 Å². The fourth-order valence-electron chi connectivity index (χ4n) is 2.65. The minimum atomic E-state index is 0.557. The summed E-state index contributed by atoms with van der Waals surface area (Å²) in [6.45, 7) is 5.60. The molecule has 2 nitrogen and oxygen atoms in total. The van der Waals surface area contributed by atoms with Crippen molar-refractivity contribution in [3.63, 3.8) is 0 Å². The van der Waals surface area contributed by atoms with Crippen LogP contribution in [0.2, 0.25) is 0 Å². The normalized spacial score (nSPS) is 25.7. The highest BCUT2D eigenvalue weighted by Gasteiger charge is 2.27. The molecule has 0 aromatic rings. The van der Waals surface area contributed by atoms with E-state index in [-0.39, 0.29) is 0 Å². The average molecular weight is 197 g/mol. The molecule has 82 valence electrons. The molecule has 0 bridgehead atoms. The van der Waals surface area contributed by atoms with Crippen molar-refractivity contribution in [1.82, 2.24) is 5.32 Å². The molecule has 0 radical (unpaired) electrons. The number of carbonyl (C=O) groups is 1. The SMILES string of the molecule is CC1(C)CCCC(CCCNC=O)C1. The Labute approximate surface area is 87.5 Å². The van der Waals surface area contributed by atoms with Crippen LogP contribution in [0.4, 0.5) is 0 Å². The molecule has 1 aliphatic rings. The molecule has 0 aliphatic heterocycles. The first kappa shape index (κ1) is 11.5. The van der Waals surface area contributed by atoms with Crippen LogP contribution in [0.3, 0.4) is 0 Å². The Morgan fingerprint density at radius 1 is 1.50 bits per heavy atom. The average Bonchev–Trinajstić information content (AvgIpc) is 2.11. The Bertz CT molecular complexity index is 177. The number of amides is 1. The summed E-state index contributed by atoms with van der Waals surface area (Å²) in [7, 11) is 0. The zero-order valence-corrected chi connectivity index (χ0v) is 9.51. The van der Waals surface area contributed by atoms with E-state index < -0.39 is 0 Å². The fraction of sp³-hybridized carbons (Fsp3) is 0.917. The van der Waals surface area contributed by atoms with E-state index >= 15 is 0 Å². The minimum Gasteiger partial charge on any atom is -0.359 e. The number of hydrogen-bond donors (Lipinski definition) is 1. The van der Waals surface area contributed by atoms with E-state index in [0.29, 0.717) is 5.41 Å². The Hall–Kier alpha value is -0.530. The van der Waals surface area contributed by atoms with Crippen molar-refractivity contribution in [1.29, 1.82) is 0 Å². The van der Waals surface area contributed by atoms with Crippen LogP contribution in [0.15, 0.2) is 0 Å². The Balaban J connectivity index is 2.14. The number of nitrogens with one attached hydrogen (secondary N) is 1. The Kier molecular flexibility index (Phi) is 4.43. The smallest absolute Gasteiger partial charge is 0.207 e. The highest BCUT2D eigenvalue weighted by molar-refractivity contribution is 5.45. The molecule has 1 saturated carbocycles. The third kappa shape index (κ3) is 4.12. The topological polar surface area (TPSA) is 29.1 Å². The van der Waals surface area contributed by atoms with Gasteiger partial charge in [0, 0.05) is 6.54 Å². The molecule has 2 heteroatoms. The van der Waals surface area contributed by atoms with Crippen molar-refractivity contribution in [2.75, 3.05) is 6.54 Å². The van der Waals surface area contributed by atoms with Crippen LogP contribution in [0.1, 0.15) is 52.4 Å². The van der Waals surface area contributed by atoms with Gasteiger partial charge in [0.05, 0.1) is 0 Å². The summed E-state index contributed by atoms with van der Waals surface area (Å²) < 4.78 is 0. The van der Waals surface area contributed by atoms with E-state index in [1.165, 1.54) is 32.1 Å². The zero-order valence-electron chi connectivity index (χ0n) is 9.51. The highest BCUT2D eigenvalue weighted by Crippen LogP contribution is 2.40. The van der Waals surface area contributed by atoms with Crippen molar-refractivity contribution in [3.05, 3.63) is 0 Å². The lowest BCUT2D eigenvalue weighted by Crippen LogP contribution is -2.23. The van der Waals surface area contributed by atoms with Gasteiger partial charge in [-0.2, -0.15) is 0 Å². The van der Waals surface area contributed by atoms with Gasteiger partial charge in [-0.25, -0.2) is 0 Å². The quantitative estimate of drug-likeness (QED) is 0.533. The van der Waals surface area contributed by atoms with Crippen LogP contribution in [0, 0.1) is 11.3 Å². The molecule has 1 atom stereocenters. The third-order valence-corrected chi connectivity index (χ3v) is 3.32. The van der Waals surface area contributed by atoms with Crippen LogP contribution >= 0.6 is 0 Å². The van der Waals surface area contributed by atoms with Gasteiger partial charge in [0.25, 0.3) is 0 Å². The maximum absolute atomic E-state index is 10.0. The van der Waals surface area contributed by atoms with Crippen molar-refractivity contribution < 1.29 is 4.79 Å². The Morgan fingerprint density at radius 2 is 2.29 bits per heavy atom. The molecule has 1 aliphatic carbocycles. The largest absolute Gasteiger partial charge is 0.359 e. The lowest BCUT2D eigenvalue weighted by atomic mass is 9.71. The van der Waals surface area contributed by atoms with Crippen molar-refractivity contribution in [3.8, 4) is 0 Å². The minimum absolute atomic E-state index is 0.557. The van der Waals surface area contributed by atoms with Gasteiger partial charge in [0.15, 0.2) is 0 Å². The van der Waals surface area contributed by atoms with Gasteiger partial charge in [0.1, 0.15) is 0 Å². The number of rotatable bonds is 5. The van der Waals surface area contributed by atoms with Gasteiger partial charge in [0.2, 0.25) is 6.41 Å². The molecule has 0 saturated heterocycles. The predicted octanol–water partition coefficient (Wildman–Crippen LogP) is 2.73. The van der Waals surface area contributed by atoms with Gasteiger partial charge in [-0.1, -0.05) is 26.7 Å². The molecule has 1 rings (SSSR count). The van der Waals surface area contributed by atoms with Gasteiger partial charge < -0.3 is 5.32 Å². The van der Waals surface area contributed by atoms with Crippen LogP contribution in [0.5, 0.6) is 0 Å². The number of carbonyl (C=O) groups excluding carboxylic acids is 1. The second kappa shape index (κ2) is 5.38. The van der Waals surface area contributed by atoms with Gasteiger partial charge in [-0.15, -0.1) is 0 Å². The molecular weight excluding hydrogens is 174 g/mol. The molecule has 0 spiro atoms. The van der Waals surface area contributed by atoms with Crippen LogP contribution in [0.25, 0.3) is 0 Å². The second-order valence-corrected chi connectivity index (χ2v) is 5.34. The van der Waals surface area contributed by atoms with Gasteiger partial charge in [-0.05, 0) is 37.0 Å². The first-order chi connectivity index (χ1) is 6.64. The molecule has 1 N–H and O–H groups in total. The summed E-state index contributed by atoms with van der Waals surface area (Å²) in [5.74, 6) is 0.896. The third-order valence-electron chi connectivity index (χ3n) is 3.32. The molecule has 1 unspecified atom stereocenters. The molecule has 14 heavy (non-hydrogen) atoms. The van der Waals surface area contributed by atoms with Crippen molar-refractivity contribution in [2.24, 2.45) is 11.3 Å². The molecular formula is C12H23NO. The lowest BCUT2D eigenvalue weighted by Gasteiger charge is -2.35. The maximum atomic E-state index is 10.0. The zero-order chi connectivity index (χ0) is 10.4. The lowest BCUT2D eigenvalue weighted by molar-refractivity contribution is -0.109. The molecule has 0 heterocycles. The summed E-state index contributed by atoms with van der Waals surface area (Å²) in [5.41, 5.74) is 0.557. The van der Waals surface area contributed by atoms with Crippen molar-refractivity contribution in [2.45, 2.75) is 52.4 Å². The first-order valence-electron chi connectivity index (χ1n) is 5.81. The van der Waals surface area contributed by atoms with E-state index in [9.17, 15) is 4.79 Å². The van der Waals surface area contributed by atoms with Crippen LogP contribution < -0.4 is 5.32 Å². The highest BCUT2D eigenvalue weighted by atomic mass is 16.1. The maximum Gasteiger partial charge on any atom is 0.207 e. The van der Waals surface area contributed by atoms with E-state index in [4.69, 9.17) is 0 Å². The Morgan fingerprint density at radius 3 is 2.93 bits per heavy atom. The van der Waals surface area contributed by atoms with Crippen LogP contribution in [-0.2, 0) is 4.79 Å². The second-order valence-electron chi connectivity index (χ2n) is 5.34. The molecule has 0 aromatic heterocycles. The fourth-order valence-corrected chi connectivity index (χ4v) is 2.65. The van der Waals surface area contributed by atoms with Crippen molar-refractivity contribution >= 4 is 6.41 Å². The van der Waals surface area contributed by atoms with Gasteiger partial charge in [-0.3, -0.25) is 4.79 Å². The van der Waals surface area contributed by atoms with E-state index in [2.05, 4.69) is 19.2 Å². The van der Waals surface area contributed by atoms with E-state index in [1.807, 2.05) is 0 Å². The number of hydrogen-bond acceptors (Lipinski definition) is 1. The molecule has 1 fully saturated rings. The summed E-state index contributed by atoms with van der Waals surface area (Å²) in [4.78, 5) is 10.0. The summed E-state index contributed by atoms with van der Waals surface area (Å²) in [6.07, 6.45) is 8.75. The first-order valence-corrected chi connectivity index (χ1v) is 5.81. The van der Waals surface area contributed by atoms with E-state index in [1.54, 1.807) is 0 Å². The summed E-state index contributed by atoms with van der Waals surface area (Å²) in [5, 5.41) is 2.73.